The van der Waals surface area contributed by atoms with Gasteiger partial charge >= 0.3 is 11.9 Å². The first-order valence-corrected chi connectivity index (χ1v) is 10.1. The van der Waals surface area contributed by atoms with E-state index in [1.807, 2.05) is 91.0 Å². The molecule has 32 heavy (non-hydrogen) atoms. The highest BCUT2D eigenvalue weighted by Crippen LogP contribution is 2.37. The van der Waals surface area contributed by atoms with Gasteiger partial charge in [0.25, 0.3) is 0 Å². The molecule has 4 nitrogen and oxygen atoms in total. The maximum Gasteiger partial charge on any atom is 0.335 e. The zero-order chi connectivity index (χ0) is 22.5. The largest absolute Gasteiger partial charge is 0.478 e. The third-order valence-corrected chi connectivity index (χ3v) is 5.15. The van der Waals surface area contributed by atoms with E-state index >= 15 is 0 Å². The predicted octanol–water partition coefficient (Wildman–Crippen LogP) is 6.09. The molecule has 0 aliphatic rings. The molecule has 0 amide bonds. The molecule has 0 aliphatic heterocycles. The van der Waals surface area contributed by atoms with Gasteiger partial charge in [0.2, 0.25) is 0 Å². The van der Waals surface area contributed by atoms with E-state index in [1.54, 1.807) is 0 Å². The Hall–Kier alpha value is -4.44. The summed E-state index contributed by atoms with van der Waals surface area (Å²) in [6.07, 6.45) is 0. The van der Waals surface area contributed by atoms with E-state index in [9.17, 15) is 19.8 Å². The normalized spacial score (nSPS) is 10.4. The Morgan fingerprint density at radius 2 is 0.688 bits per heavy atom. The van der Waals surface area contributed by atoms with Crippen LogP contribution in [0.4, 0.5) is 0 Å². The molecule has 0 aliphatic carbocycles. The Balaban J connectivity index is 2.15. The minimum absolute atomic E-state index is 0.0752. The lowest BCUT2D eigenvalue weighted by atomic mass is 9.85. The first kappa shape index (κ1) is 20.8. The van der Waals surface area contributed by atoms with E-state index in [-0.39, 0.29) is 11.1 Å². The van der Waals surface area contributed by atoms with Crippen LogP contribution < -0.4 is 0 Å². The van der Waals surface area contributed by atoms with Crippen LogP contribution in [0.2, 0.25) is 0 Å². The van der Waals surface area contributed by atoms with Crippen molar-refractivity contribution in [1.82, 2.24) is 0 Å². The van der Waals surface area contributed by atoms with Gasteiger partial charge in [-0.25, -0.2) is 9.59 Å². The molecular formula is C28H20O4. The number of hydrogen-bond acceptors (Lipinski definition) is 2. The molecule has 0 heterocycles. The van der Waals surface area contributed by atoms with Crippen molar-refractivity contribution in [2.24, 2.45) is 0 Å². The molecule has 0 fully saturated rings. The second-order valence-electron chi connectivity index (χ2n) is 7.26. The van der Waals surface area contributed by atoms with Crippen molar-refractivity contribution in [3.05, 3.63) is 143 Å². The second kappa shape index (κ2) is 9.14. The highest BCUT2D eigenvalue weighted by Gasteiger charge is 2.19. The van der Waals surface area contributed by atoms with Crippen molar-refractivity contribution in [3.8, 4) is 0 Å². The van der Waals surface area contributed by atoms with Crippen molar-refractivity contribution < 1.29 is 19.8 Å². The Morgan fingerprint density at radius 1 is 0.406 bits per heavy atom. The van der Waals surface area contributed by atoms with Gasteiger partial charge in [-0.05, 0) is 51.6 Å². The Morgan fingerprint density at radius 3 is 1.00 bits per heavy atom. The second-order valence-corrected chi connectivity index (χ2v) is 7.26. The van der Waals surface area contributed by atoms with Crippen molar-refractivity contribution in [2.45, 2.75) is 0 Å². The van der Waals surface area contributed by atoms with Gasteiger partial charge in [0.05, 0.1) is 11.1 Å². The Labute approximate surface area is 185 Å². The van der Waals surface area contributed by atoms with Crippen LogP contribution in [0.15, 0.2) is 109 Å². The Kier molecular flexibility index (Phi) is 5.95. The van der Waals surface area contributed by atoms with Crippen molar-refractivity contribution >= 4 is 23.1 Å². The average molecular weight is 420 g/mol. The number of hydrogen-bond donors (Lipinski definition) is 2. The SMILES string of the molecule is O=C(O)c1cc(C(=O)O)cc(C(=C(c2ccccc2)c2ccccc2)c2ccccc2)c1. The number of rotatable bonds is 6. The molecule has 4 heteroatoms. The van der Waals surface area contributed by atoms with Crippen molar-refractivity contribution in [2.75, 3.05) is 0 Å². The van der Waals surface area contributed by atoms with Crippen LogP contribution in [0.25, 0.3) is 11.1 Å². The predicted molar refractivity (Wildman–Crippen MR) is 125 cm³/mol. The summed E-state index contributed by atoms with van der Waals surface area (Å²) in [5.41, 5.74) is 4.75. The van der Waals surface area contributed by atoms with Gasteiger partial charge in [-0.3, -0.25) is 0 Å². The molecule has 0 saturated carbocycles. The summed E-state index contributed by atoms with van der Waals surface area (Å²) in [7, 11) is 0. The van der Waals surface area contributed by atoms with E-state index in [4.69, 9.17) is 0 Å². The molecule has 0 saturated heterocycles. The number of carboxylic acids is 2. The van der Waals surface area contributed by atoms with E-state index in [0.717, 1.165) is 27.8 Å². The molecule has 2 N–H and O–H groups in total. The summed E-state index contributed by atoms with van der Waals surface area (Å²) >= 11 is 0. The van der Waals surface area contributed by atoms with Gasteiger partial charge in [-0.1, -0.05) is 91.0 Å². The lowest BCUT2D eigenvalue weighted by Crippen LogP contribution is -2.05. The highest BCUT2D eigenvalue weighted by molar-refractivity contribution is 6.06. The smallest absolute Gasteiger partial charge is 0.335 e. The van der Waals surface area contributed by atoms with Gasteiger partial charge in [-0.15, -0.1) is 0 Å². The number of benzene rings is 4. The number of carboxylic acid groups (broad SMARTS) is 2. The maximum atomic E-state index is 11.8. The third kappa shape index (κ3) is 4.35. The van der Waals surface area contributed by atoms with Gasteiger partial charge in [0.1, 0.15) is 0 Å². The molecule has 0 spiro atoms. The molecule has 0 aromatic heterocycles. The topological polar surface area (TPSA) is 74.6 Å². The fourth-order valence-corrected chi connectivity index (χ4v) is 3.74. The first-order chi connectivity index (χ1) is 15.5. The van der Waals surface area contributed by atoms with E-state index in [0.29, 0.717) is 5.56 Å². The van der Waals surface area contributed by atoms with Gasteiger partial charge in [0, 0.05) is 0 Å². The van der Waals surface area contributed by atoms with E-state index < -0.39 is 11.9 Å². The summed E-state index contributed by atoms with van der Waals surface area (Å²) < 4.78 is 0. The number of carbonyl (C=O) groups is 2. The summed E-state index contributed by atoms with van der Waals surface area (Å²) in [5, 5.41) is 19.3. The van der Waals surface area contributed by atoms with Crippen LogP contribution >= 0.6 is 0 Å². The van der Waals surface area contributed by atoms with Gasteiger partial charge in [-0.2, -0.15) is 0 Å². The first-order valence-electron chi connectivity index (χ1n) is 10.1. The quantitative estimate of drug-likeness (QED) is 0.370. The van der Waals surface area contributed by atoms with Crippen LogP contribution in [-0.2, 0) is 0 Å². The molecule has 0 bridgehead atoms. The monoisotopic (exact) mass is 420 g/mol. The summed E-state index contributed by atoms with van der Waals surface area (Å²) in [4.78, 5) is 23.6. The minimum Gasteiger partial charge on any atom is -0.478 e. The lowest BCUT2D eigenvalue weighted by molar-refractivity contribution is 0.0696. The zero-order valence-electron chi connectivity index (χ0n) is 17.1. The molecule has 0 atom stereocenters. The summed E-state index contributed by atoms with van der Waals surface area (Å²) in [6, 6.07) is 33.4. The van der Waals surface area contributed by atoms with Crippen LogP contribution in [0.3, 0.4) is 0 Å². The average Bonchev–Trinajstić information content (AvgIpc) is 2.83. The number of aromatic carboxylic acids is 2. The van der Waals surface area contributed by atoms with Crippen LogP contribution in [0, 0.1) is 0 Å². The molecule has 156 valence electrons. The van der Waals surface area contributed by atoms with Crippen molar-refractivity contribution in [1.29, 1.82) is 0 Å². The standard InChI is InChI=1S/C28H20O4/c29-27(30)23-16-22(17-24(18-23)28(31)32)26(21-14-8-3-9-15-21)25(19-10-4-1-5-11-19)20-12-6-2-7-13-20/h1-18H,(H,29,30)(H,31,32). The molecule has 4 rings (SSSR count). The molecule has 4 aromatic rings. The van der Waals surface area contributed by atoms with Crippen LogP contribution in [0.1, 0.15) is 43.0 Å². The fraction of sp³-hybridized carbons (Fsp3) is 0. The summed E-state index contributed by atoms with van der Waals surface area (Å²) in [6.45, 7) is 0. The van der Waals surface area contributed by atoms with Crippen molar-refractivity contribution in [3.63, 3.8) is 0 Å². The molecule has 0 unspecified atom stereocenters. The molecule has 0 radical (unpaired) electrons. The highest BCUT2D eigenvalue weighted by atomic mass is 16.4. The third-order valence-electron chi connectivity index (χ3n) is 5.15. The van der Waals surface area contributed by atoms with Gasteiger partial charge in [0.15, 0.2) is 0 Å². The Bertz CT molecular complexity index is 1220. The van der Waals surface area contributed by atoms with Crippen LogP contribution in [0.5, 0.6) is 0 Å². The molecular weight excluding hydrogens is 400 g/mol. The molecule has 4 aromatic carbocycles. The zero-order valence-corrected chi connectivity index (χ0v) is 17.1. The van der Waals surface area contributed by atoms with Gasteiger partial charge < -0.3 is 10.2 Å². The summed E-state index contributed by atoms with van der Waals surface area (Å²) in [5.74, 6) is -2.36. The van der Waals surface area contributed by atoms with Crippen LogP contribution in [-0.4, -0.2) is 22.2 Å². The lowest BCUT2D eigenvalue weighted by Gasteiger charge is -2.19. The maximum absolute atomic E-state index is 11.8. The van der Waals surface area contributed by atoms with E-state index in [2.05, 4.69) is 0 Å². The minimum atomic E-state index is -1.18. The fourth-order valence-electron chi connectivity index (χ4n) is 3.74. The van der Waals surface area contributed by atoms with E-state index in [1.165, 1.54) is 18.2 Å².